The molecule has 108 valence electrons. The van der Waals surface area contributed by atoms with Crippen LogP contribution in [0.1, 0.15) is 22.3 Å². The Balaban J connectivity index is 2.31. The minimum absolute atomic E-state index is 0.140. The Morgan fingerprint density at radius 1 is 1.30 bits per heavy atom. The van der Waals surface area contributed by atoms with Crippen LogP contribution in [0.25, 0.3) is 0 Å². The second-order valence-electron chi connectivity index (χ2n) is 4.49. The average Bonchev–Trinajstić information content (AvgIpc) is 2.89. The second-order valence-corrected chi connectivity index (χ2v) is 5.55. The van der Waals surface area contributed by atoms with Crippen LogP contribution in [0.3, 0.4) is 0 Å². The molecule has 0 amide bonds. The molecule has 2 rings (SSSR count). The van der Waals surface area contributed by atoms with Crippen LogP contribution >= 0.6 is 11.3 Å². The normalized spacial score (nSPS) is 12.2. The topological polar surface area (TPSA) is 43.4 Å². The van der Waals surface area contributed by atoms with Crippen molar-refractivity contribution in [2.75, 3.05) is 21.3 Å². The number of nitrogens with zero attached hydrogens (tertiary/aromatic N) is 1. The fourth-order valence-corrected chi connectivity index (χ4v) is 2.89. The number of thiazole rings is 1. The Labute approximate surface area is 123 Å². The van der Waals surface area contributed by atoms with Crippen LogP contribution in [0, 0.1) is 6.92 Å². The maximum Gasteiger partial charge on any atom is 0.165 e. The molecule has 1 aromatic carbocycles. The molecule has 4 nitrogen and oxygen atoms in total. The quantitative estimate of drug-likeness (QED) is 0.889. The van der Waals surface area contributed by atoms with Gasteiger partial charge in [-0.3, -0.25) is 0 Å². The molecule has 1 heterocycles. The number of methoxy groups -OCH3 is 2. The third-order valence-electron chi connectivity index (χ3n) is 3.24. The highest BCUT2D eigenvalue weighted by Crippen LogP contribution is 2.35. The van der Waals surface area contributed by atoms with Gasteiger partial charge in [-0.1, -0.05) is 12.1 Å². The van der Waals surface area contributed by atoms with E-state index in [1.165, 1.54) is 0 Å². The number of ether oxygens (including phenoxy) is 2. The summed E-state index contributed by atoms with van der Waals surface area (Å²) in [6.07, 6.45) is 0.824. The number of rotatable bonds is 6. The van der Waals surface area contributed by atoms with Gasteiger partial charge in [0.1, 0.15) is 0 Å². The third-order valence-corrected chi connectivity index (χ3v) is 4.06. The van der Waals surface area contributed by atoms with Gasteiger partial charge in [0.15, 0.2) is 11.5 Å². The van der Waals surface area contributed by atoms with E-state index in [9.17, 15) is 0 Å². The van der Waals surface area contributed by atoms with Crippen molar-refractivity contribution < 1.29 is 9.47 Å². The molecule has 0 aliphatic carbocycles. The fraction of sp³-hybridized carbons (Fsp3) is 0.400. The van der Waals surface area contributed by atoms with Crippen LogP contribution in [-0.2, 0) is 6.42 Å². The molecular weight excluding hydrogens is 272 g/mol. The first-order chi connectivity index (χ1) is 9.69. The van der Waals surface area contributed by atoms with Gasteiger partial charge in [0, 0.05) is 23.4 Å². The Bertz CT molecular complexity index is 569. The zero-order valence-corrected chi connectivity index (χ0v) is 13.1. The van der Waals surface area contributed by atoms with E-state index in [1.807, 2.05) is 26.1 Å². The van der Waals surface area contributed by atoms with Crippen LogP contribution in [-0.4, -0.2) is 26.3 Å². The standard InChI is InChI=1S/C15H20N2O2S/c1-10-17-11(9-20-10)8-13(16-2)12-6-5-7-14(18-3)15(12)19-4/h5-7,9,13,16H,8H2,1-4H3. The number of para-hydroxylation sites is 1. The van der Waals surface area contributed by atoms with Crippen molar-refractivity contribution in [3.8, 4) is 11.5 Å². The average molecular weight is 292 g/mol. The number of nitrogens with one attached hydrogen (secondary N) is 1. The molecule has 1 aromatic heterocycles. The molecule has 5 heteroatoms. The summed E-state index contributed by atoms with van der Waals surface area (Å²) in [6, 6.07) is 6.08. The Kier molecular flexibility index (Phi) is 4.98. The number of aryl methyl sites for hydroxylation is 1. The minimum atomic E-state index is 0.140. The van der Waals surface area contributed by atoms with Gasteiger partial charge in [0.25, 0.3) is 0 Å². The summed E-state index contributed by atoms with van der Waals surface area (Å²) in [4.78, 5) is 4.53. The molecule has 20 heavy (non-hydrogen) atoms. The van der Waals surface area contributed by atoms with Gasteiger partial charge in [-0.2, -0.15) is 0 Å². The van der Waals surface area contributed by atoms with E-state index < -0.39 is 0 Å². The highest BCUT2D eigenvalue weighted by Gasteiger charge is 2.19. The Hall–Kier alpha value is -1.59. The van der Waals surface area contributed by atoms with Crippen molar-refractivity contribution in [2.45, 2.75) is 19.4 Å². The summed E-state index contributed by atoms with van der Waals surface area (Å²) in [5, 5.41) is 6.52. The third kappa shape index (κ3) is 3.11. The summed E-state index contributed by atoms with van der Waals surface area (Å²) < 4.78 is 10.9. The lowest BCUT2D eigenvalue weighted by Crippen LogP contribution is -2.20. The van der Waals surface area contributed by atoms with Crippen LogP contribution < -0.4 is 14.8 Å². The van der Waals surface area contributed by atoms with E-state index >= 15 is 0 Å². The molecule has 0 bridgehead atoms. The molecule has 1 N–H and O–H groups in total. The smallest absolute Gasteiger partial charge is 0.165 e. The monoisotopic (exact) mass is 292 g/mol. The van der Waals surface area contributed by atoms with Gasteiger partial charge in [0.05, 0.1) is 24.9 Å². The summed E-state index contributed by atoms with van der Waals surface area (Å²) in [5.74, 6) is 1.53. The zero-order valence-electron chi connectivity index (χ0n) is 12.3. The van der Waals surface area contributed by atoms with Crippen molar-refractivity contribution in [3.63, 3.8) is 0 Å². The summed E-state index contributed by atoms with van der Waals surface area (Å²) in [6.45, 7) is 2.02. The predicted molar refractivity (Wildman–Crippen MR) is 81.9 cm³/mol. The van der Waals surface area contributed by atoms with Crippen molar-refractivity contribution in [2.24, 2.45) is 0 Å². The van der Waals surface area contributed by atoms with Crippen molar-refractivity contribution in [1.82, 2.24) is 10.3 Å². The van der Waals surface area contributed by atoms with E-state index in [0.717, 1.165) is 34.2 Å². The van der Waals surface area contributed by atoms with Gasteiger partial charge in [-0.05, 0) is 20.0 Å². The van der Waals surface area contributed by atoms with E-state index in [1.54, 1.807) is 25.6 Å². The van der Waals surface area contributed by atoms with Gasteiger partial charge >= 0.3 is 0 Å². The first kappa shape index (κ1) is 14.8. The molecule has 0 saturated carbocycles. The number of hydrogen-bond acceptors (Lipinski definition) is 5. The number of benzene rings is 1. The van der Waals surface area contributed by atoms with Crippen molar-refractivity contribution in [1.29, 1.82) is 0 Å². The van der Waals surface area contributed by atoms with Crippen molar-refractivity contribution in [3.05, 3.63) is 39.8 Å². The molecular formula is C15H20N2O2S. The van der Waals surface area contributed by atoms with E-state index in [-0.39, 0.29) is 6.04 Å². The summed E-state index contributed by atoms with van der Waals surface area (Å²) in [5.41, 5.74) is 2.18. The largest absolute Gasteiger partial charge is 0.493 e. The number of hydrogen-bond donors (Lipinski definition) is 1. The summed E-state index contributed by atoms with van der Waals surface area (Å²) >= 11 is 1.67. The van der Waals surface area contributed by atoms with Gasteiger partial charge < -0.3 is 14.8 Å². The van der Waals surface area contributed by atoms with Crippen LogP contribution in [0.2, 0.25) is 0 Å². The molecule has 0 saturated heterocycles. The van der Waals surface area contributed by atoms with Crippen LogP contribution in [0.5, 0.6) is 11.5 Å². The van der Waals surface area contributed by atoms with Crippen LogP contribution in [0.15, 0.2) is 23.6 Å². The highest BCUT2D eigenvalue weighted by molar-refractivity contribution is 7.09. The maximum atomic E-state index is 5.51. The molecule has 0 aliphatic rings. The number of likely N-dealkylation sites (N-methyl/N-ethyl adjacent to an activating group) is 1. The molecule has 1 atom stereocenters. The zero-order chi connectivity index (χ0) is 14.5. The molecule has 0 spiro atoms. The molecule has 2 aromatic rings. The van der Waals surface area contributed by atoms with E-state index in [0.29, 0.717) is 0 Å². The minimum Gasteiger partial charge on any atom is -0.493 e. The van der Waals surface area contributed by atoms with Gasteiger partial charge in [0.2, 0.25) is 0 Å². The lowest BCUT2D eigenvalue weighted by atomic mass is 10.0. The lowest BCUT2D eigenvalue weighted by molar-refractivity contribution is 0.347. The Morgan fingerprint density at radius 3 is 2.65 bits per heavy atom. The summed E-state index contributed by atoms with van der Waals surface area (Å²) in [7, 11) is 5.27. The molecule has 0 fully saturated rings. The SMILES string of the molecule is CNC(Cc1csc(C)n1)c1cccc(OC)c1OC. The first-order valence-electron chi connectivity index (χ1n) is 6.48. The van der Waals surface area contributed by atoms with E-state index in [2.05, 4.69) is 21.7 Å². The predicted octanol–water partition coefficient (Wildman–Crippen LogP) is 2.97. The Morgan fingerprint density at radius 2 is 2.10 bits per heavy atom. The highest BCUT2D eigenvalue weighted by atomic mass is 32.1. The van der Waals surface area contributed by atoms with Crippen molar-refractivity contribution >= 4 is 11.3 Å². The first-order valence-corrected chi connectivity index (χ1v) is 7.36. The van der Waals surface area contributed by atoms with Gasteiger partial charge in [-0.15, -0.1) is 11.3 Å². The van der Waals surface area contributed by atoms with E-state index in [4.69, 9.17) is 9.47 Å². The van der Waals surface area contributed by atoms with Crippen LogP contribution in [0.4, 0.5) is 0 Å². The van der Waals surface area contributed by atoms with Gasteiger partial charge in [-0.25, -0.2) is 4.98 Å². The molecule has 0 radical (unpaired) electrons. The number of aromatic nitrogens is 1. The fourth-order valence-electron chi connectivity index (χ4n) is 2.27. The molecule has 0 aliphatic heterocycles. The second kappa shape index (κ2) is 6.72. The maximum absolute atomic E-state index is 5.51. The molecule has 1 unspecified atom stereocenters. The lowest BCUT2D eigenvalue weighted by Gasteiger charge is -2.20.